The maximum absolute atomic E-state index is 4.79. The van der Waals surface area contributed by atoms with Gasteiger partial charge in [-0.2, -0.15) is 0 Å². The van der Waals surface area contributed by atoms with Crippen LogP contribution in [-0.4, -0.2) is 5.04 Å². The summed E-state index contributed by atoms with van der Waals surface area (Å²) in [4.78, 5) is 4.79. The quantitative estimate of drug-likeness (QED) is 0.704. The third-order valence-electron chi connectivity index (χ3n) is 3.77. The van der Waals surface area contributed by atoms with Crippen molar-refractivity contribution >= 4 is 22.5 Å². The molecule has 1 unspecified atom stereocenters. The summed E-state index contributed by atoms with van der Waals surface area (Å²) in [6.07, 6.45) is 0. The summed E-state index contributed by atoms with van der Waals surface area (Å²) in [6.45, 7) is 6.73. The van der Waals surface area contributed by atoms with E-state index in [2.05, 4.69) is 57.2 Å². The monoisotopic (exact) mass is 281 g/mol. The van der Waals surface area contributed by atoms with E-state index in [1.165, 1.54) is 16.2 Å². The molecule has 0 bridgehead atoms. The van der Waals surface area contributed by atoms with Crippen molar-refractivity contribution in [3.05, 3.63) is 65.7 Å². The van der Waals surface area contributed by atoms with Gasteiger partial charge in [0.25, 0.3) is 0 Å². The number of rotatable bonds is 2. The third-order valence-corrected chi connectivity index (χ3v) is 5.71. The normalized spacial score (nSPS) is 22.6. The third kappa shape index (κ3) is 2.40. The van der Waals surface area contributed by atoms with Crippen LogP contribution in [0.15, 0.2) is 59.6 Å². The van der Waals surface area contributed by atoms with Crippen LogP contribution >= 0.6 is 11.8 Å². The van der Waals surface area contributed by atoms with E-state index in [-0.39, 0.29) is 5.41 Å². The molecule has 1 fully saturated rings. The first-order valence-electron chi connectivity index (χ1n) is 6.95. The molecule has 2 aromatic carbocycles. The number of benzene rings is 2. The van der Waals surface area contributed by atoms with Crippen molar-refractivity contribution in [2.45, 2.75) is 26.0 Å². The Morgan fingerprint density at radius 1 is 1.00 bits per heavy atom. The van der Waals surface area contributed by atoms with Crippen LogP contribution < -0.4 is 0 Å². The van der Waals surface area contributed by atoms with Crippen molar-refractivity contribution in [3.63, 3.8) is 0 Å². The van der Waals surface area contributed by atoms with E-state index < -0.39 is 0 Å². The van der Waals surface area contributed by atoms with Crippen molar-refractivity contribution in [1.82, 2.24) is 0 Å². The van der Waals surface area contributed by atoms with Gasteiger partial charge in [0.1, 0.15) is 0 Å². The van der Waals surface area contributed by atoms with Crippen LogP contribution in [0.1, 0.15) is 30.2 Å². The molecule has 20 heavy (non-hydrogen) atoms. The summed E-state index contributed by atoms with van der Waals surface area (Å²) in [5.74, 6) is 0. The second-order valence-corrected chi connectivity index (χ2v) is 6.98. The van der Waals surface area contributed by atoms with Gasteiger partial charge in [0.15, 0.2) is 0 Å². The van der Waals surface area contributed by atoms with E-state index in [1.807, 2.05) is 30.0 Å². The van der Waals surface area contributed by atoms with Gasteiger partial charge in [-0.3, -0.25) is 0 Å². The van der Waals surface area contributed by atoms with Crippen LogP contribution in [0.25, 0.3) is 0 Å². The number of thioether (sulfide) groups is 1. The zero-order chi connectivity index (χ0) is 14.2. The Kier molecular flexibility index (Phi) is 3.43. The zero-order valence-corrected chi connectivity index (χ0v) is 12.9. The smallest absolute Gasteiger partial charge is 0.0815 e. The molecule has 1 nitrogen and oxygen atoms in total. The van der Waals surface area contributed by atoms with Crippen molar-refractivity contribution in [1.29, 1.82) is 0 Å². The fraction of sp³-hybridized carbons (Fsp3) is 0.278. The Bertz CT molecular complexity index is 643. The summed E-state index contributed by atoms with van der Waals surface area (Å²) in [5, 5.41) is 1.74. The van der Waals surface area contributed by atoms with Crippen molar-refractivity contribution in [2.24, 2.45) is 10.4 Å². The van der Waals surface area contributed by atoms with E-state index in [1.54, 1.807) is 0 Å². The van der Waals surface area contributed by atoms with Crippen LogP contribution in [-0.2, 0) is 0 Å². The molecule has 1 saturated heterocycles. The standard InChI is InChI=1S/C18H19NS/c1-13-8-7-9-14(12-13)16-18(2,3)17(20-16)19-15-10-5-4-6-11-15/h4-12,16H,1-3H3. The lowest BCUT2D eigenvalue weighted by Gasteiger charge is -2.45. The maximum Gasteiger partial charge on any atom is 0.0815 e. The Balaban J connectivity index is 1.86. The van der Waals surface area contributed by atoms with Crippen molar-refractivity contribution in [3.8, 4) is 0 Å². The average Bonchev–Trinajstić information content (AvgIpc) is 2.44. The molecule has 0 N–H and O–H groups in total. The van der Waals surface area contributed by atoms with Crippen molar-refractivity contribution in [2.75, 3.05) is 0 Å². The van der Waals surface area contributed by atoms with Gasteiger partial charge in [0.05, 0.1) is 10.7 Å². The predicted molar refractivity (Wildman–Crippen MR) is 88.8 cm³/mol. The number of aliphatic imine (C=N–C) groups is 1. The maximum atomic E-state index is 4.79. The van der Waals surface area contributed by atoms with Gasteiger partial charge in [0, 0.05) is 10.7 Å². The first kappa shape index (κ1) is 13.4. The van der Waals surface area contributed by atoms with E-state index in [0.29, 0.717) is 5.25 Å². The number of aryl methyl sites for hydroxylation is 1. The SMILES string of the molecule is Cc1cccc(C2SC(=Nc3ccccc3)C2(C)C)c1. The molecule has 0 saturated carbocycles. The highest BCUT2D eigenvalue weighted by Crippen LogP contribution is 2.58. The molecule has 0 spiro atoms. The largest absolute Gasteiger partial charge is 0.246 e. The molecule has 0 aliphatic carbocycles. The molecular formula is C18H19NS. The van der Waals surface area contributed by atoms with E-state index >= 15 is 0 Å². The summed E-state index contributed by atoms with van der Waals surface area (Å²) in [7, 11) is 0. The Morgan fingerprint density at radius 3 is 2.40 bits per heavy atom. The Morgan fingerprint density at radius 2 is 1.75 bits per heavy atom. The molecule has 0 amide bonds. The molecule has 1 aliphatic heterocycles. The van der Waals surface area contributed by atoms with E-state index in [9.17, 15) is 0 Å². The molecular weight excluding hydrogens is 262 g/mol. The summed E-state index contributed by atoms with van der Waals surface area (Å²) in [6, 6.07) is 19.0. The molecule has 1 heterocycles. The highest BCUT2D eigenvalue weighted by molar-refractivity contribution is 8.16. The molecule has 0 aromatic heterocycles. The second-order valence-electron chi connectivity index (χ2n) is 5.89. The van der Waals surface area contributed by atoms with E-state index in [4.69, 9.17) is 4.99 Å². The summed E-state index contributed by atoms with van der Waals surface area (Å²) < 4.78 is 0. The van der Waals surface area contributed by atoms with Crippen LogP contribution in [0.3, 0.4) is 0 Å². The van der Waals surface area contributed by atoms with E-state index in [0.717, 1.165) is 5.69 Å². The second kappa shape index (κ2) is 5.10. The molecule has 2 heteroatoms. The lowest BCUT2D eigenvalue weighted by molar-refractivity contribution is 0.497. The lowest BCUT2D eigenvalue weighted by atomic mass is 9.84. The number of hydrogen-bond donors (Lipinski definition) is 0. The molecule has 0 radical (unpaired) electrons. The summed E-state index contributed by atoms with van der Waals surface area (Å²) >= 11 is 1.89. The van der Waals surface area contributed by atoms with Gasteiger partial charge in [0.2, 0.25) is 0 Å². The van der Waals surface area contributed by atoms with Gasteiger partial charge in [-0.05, 0) is 24.6 Å². The van der Waals surface area contributed by atoms with Crippen LogP contribution in [0.2, 0.25) is 0 Å². The van der Waals surface area contributed by atoms with Gasteiger partial charge < -0.3 is 0 Å². The zero-order valence-electron chi connectivity index (χ0n) is 12.1. The van der Waals surface area contributed by atoms with Crippen molar-refractivity contribution < 1.29 is 0 Å². The average molecular weight is 281 g/mol. The molecule has 1 atom stereocenters. The van der Waals surface area contributed by atoms with Gasteiger partial charge in [-0.15, -0.1) is 11.8 Å². The first-order chi connectivity index (χ1) is 9.57. The van der Waals surface area contributed by atoms with Gasteiger partial charge in [-0.1, -0.05) is 61.9 Å². The van der Waals surface area contributed by atoms with Crippen LogP contribution in [0.5, 0.6) is 0 Å². The minimum absolute atomic E-state index is 0.119. The summed E-state index contributed by atoms with van der Waals surface area (Å²) in [5.41, 5.74) is 3.90. The van der Waals surface area contributed by atoms with Crippen LogP contribution in [0, 0.1) is 12.3 Å². The minimum atomic E-state index is 0.119. The van der Waals surface area contributed by atoms with Gasteiger partial charge >= 0.3 is 0 Å². The minimum Gasteiger partial charge on any atom is -0.246 e. The van der Waals surface area contributed by atoms with Crippen LogP contribution in [0.4, 0.5) is 5.69 Å². The van der Waals surface area contributed by atoms with Gasteiger partial charge in [-0.25, -0.2) is 4.99 Å². The number of hydrogen-bond acceptors (Lipinski definition) is 2. The fourth-order valence-corrected chi connectivity index (χ4v) is 3.88. The first-order valence-corrected chi connectivity index (χ1v) is 7.83. The number of para-hydroxylation sites is 1. The number of nitrogens with zero attached hydrogens (tertiary/aromatic N) is 1. The molecule has 2 aromatic rings. The highest BCUT2D eigenvalue weighted by atomic mass is 32.2. The highest BCUT2D eigenvalue weighted by Gasteiger charge is 2.47. The fourth-order valence-electron chi connectivity index (χ4n) is 2.57. The topological polar surface area (TPSA) is 12.4 Å². The molecule has 102 valence electrons. The Hall–Kier alpha value is -1.54. The Labute approximate surface area is 125 Å². The predicted octanol–water partition coefficient (Wildman–Crippen LogP) is 5.54. The molecule has 1 aliphatic rings. The molecule has 3 rings (SSSR count). The lowest BCUT2D eigenvalue weighted by Crippen LogP contribution is -2.38.